The molecule has 0 saturated carbocycles. The molecule has 2 aromatic rings. The van der Waals surface area contributed by atoms with E-state index in [4.69, 9.17) is 5.73 Å². The third-order valence-electron chi connectivity index (χ3n) is 4.44. The molecule has 1 fully saturated rings. The largest absolute Gasteiger partial charge is 0.368 e. The highest BCUT2D eigenvalue weighted by molar-refractivity contribution is 6.04. The van der Waals surface area contributed by atoms with Crippen molar-refractivity contribution in [2.24, 2.45) is 5.73 Å². The molecule has 0 unspecified atom stereocenters. The number of anilines is 1. The summed E-state index contributed by atoms with van der Waals surface area (Å²) in [6.07, 6.45) is 3.35. The van der Waals surface area contributed by atoms with E-state index in [0.29, 0.717) is 12.1 Å². The number of benzene rings is 1. The molecule has 1 aromatic carbocycles. The molecule has 130 valence electrons. The van der Waals surface area contributed by atoms with Gasteiger partial charge < -0.3 is 11.1 Å². The summed E-state index contributed by atoms with van der Waals surface area (Å²) in [5.41, 5.74) is 8.61. The minimum absolute atomic E-state index is 0.194. The molecular formula is C19H22N4O2. The predicted molar refractivity (Wildman–Crippen MR) is 96.0 cm³/mol. The van der Waals surface area contributed by atoms with Crippen molar-refractivity contribution >= 4 is 17.5 Å². The second-order valence-electron chi connectivity index (χ2n) is 6.37. The number of hydrogen-bond donors (Lipinski definition) is 2. The minimum atomic E-state index is -0.270. The lowest BCUT2D eigenvalue weighted by atomic mass is 10.1. The van der Waals surface area contributed by atoms with Crippen molar-refractivity contribution in [3.05, 3.63) is 59.4 Å². The highest BCUT2D eigenvalue weighted by Gasteiger charge is 2.28. The van der Waals surface area contributed by atoms with Crippen LogP contribution in [0.1, 0.15) is 34.5 Å². The molecule has 1 aliphatic rings. The van der Waals surface area contributed by atoms with Crippen LogP contribution in [0, 0.1) is 6.92 Å². The number of rotatable bonds is 5. The van der Waals surface area contributed by atoms with E-state index >= 15 is 0 Å². The Kier molecular flexibility index (Phi) is 5.09. The molecule has 2 heterocycles. The smallest absolute Gasteiger partial charge is 0.257 e. The van der Waals surface area contributed by atoms with Gasteiger partial charge in [0, 0.05) is 24.1 Å². The topological polar surface area (TPSA) is 88.3 Å². The molecule has 0 radical (unpaired) electrons. The quantitative estimate of drug-likeness (QED) is 0.874. The van der Waals surface area contributed by atoms with Crippen molar-refractivity contribution in [1.29, 1.82) is 0 Å². The Morgan fingerprint density at radius 2 is 2.16 bits per heavy atom. The first-order chi connectivity index (χ1) is 12.0. The number of nitrogens with one attached hydrogen (secondary N) is 1. The van der Waals surface area contributed by atoms with Gasteiger partial charge in [-0.15, -0.1) is 0 Å². The van der Waals surface area contributed by atoms with Gasteiger partial charge in [0.05, 0.1) is 11.6 Å². The van der Waals surface area contributed by atoms with Gasteiger partial charge in [0.25, 0.3) is 5.91 Å². The molecule has 3 rings (SSSR count). The monoisotopic (exact) mass is 338 g/mol. The first-order valence-electron chi connectivity index (χ1n) is 8.39. The molecule has 2 amide bonds. The maximum absolute atomic E-state index is 12.3. The average molecular weight is 338 g/mol. The van der Waals surface area contributed by atoms with Gasteiger partial charge in [-0.25, -0.2) is 0 Å². The van der Waals surface area contributed by atoms with Gasteiger partial charge in [0.1, 0.15) is 0 Å². The summed E-state index contributed by atoms with van der Waals surface area (Å²) in [5, 5.41) is 2.89. The molecule has 3 N–H and O–H groups in total. The highest BCUT2D eigenvalue weighted by Crippen LogP contribution is 2.21. The Balaban J connectivity index is 1.68. The van der Waals surface area contributed by atoms with Gasteiger partial charge in [-0.3, -0.25) is 19.5 Å². The number of carbonyl (C=O) groups excluding carboxylic acids is 2. The van der Waals surface area contributed by atoms with E-state index in [0.717, 1.165) is 36.3 Å². The van der Waals surface area contributed by atoms with E-state index in [-0.39, 0.29) is 17.9 Å². The molecule has 0 bridgehead atoms. The lowest BCUT2D eigenvalue weighted by Crippen LogP contribution is -2.39. The zero-order valence-corrected chi connectivity index (χ0v) is 14.2. The molecule has 1 saturated heterocycles. The number of carbonyl (C=O) groups is 2. The summed E-state index contributed by atoms with van der Waals surface area (Å²) in [5.74, 6) is -0.463. The lowest BCUT2D eigenvalue weighted by Gasteiger charge is -2.22. The van der Waals surface area contributed by atoms with Gasteiger partial charge in [-0.2, -0.15) is 0 Å². The summed E-state index contributed by atoms with van der Waals surface area (Å²) >= 11 is 0. The zero-order valence-electron chi connectivity index (χ0n) is 14.2. The van der Waals surface area contributed by atoms with Crippen molar-refractivity contribution in [3.63, 3.8) is 0 Å². The zero-order chi connectivity index (χ0) is 17.8. The Morgan fingerprint density at radius 1 is 1.32 bits per heavy atom. The fourth-order valence-electron chi connectivity index (χ4n) is 3.12. The van der Waals surface area contributed by atoms with E-state index in [9.17, 15) is 9.59 Å². The molecule has 1 aliphatic heterocycles. The SMILES string of the molecule is Cc1ccc(C(=O)Nc2cccc(CN3CCC[C@H]3C(N)=O)c2)cn1. The van der Waals surface area contributed by atoms with Crippen molar-refractivity contribution in [3.8, 4) is 0 Å². The van der Waals surface area contributed by atoms with E-state index in [2.05, 4.69) is 15.2 Å². The van der Waals surface area contributed by atoms with Gasteiger partial charge in [0.2, 0.25) is 5.91 Å². The van der Waals surface area contributed by atoms with Crippen LogP contribution < -0.4 is 11.1 Å². The maximum Gasteiger partial charge on any atom is 0.257 e. The number of aryl methyl sites for hydroxylation is 1. The Hall–Kier alpha value is -2.73. The second-order valence-corrected chi connectivity index (χ2v) is 6.37. The Morgan fingerprint density at radius 3 is 2.88 bits per heavy atom. The number of hydrogen-bond acceptors (Lipinski definition) is 4. The van der Waals surface area contributed by atoms with Crippen LogP contribution >= 0.6 is 0 Å². The molecule has 25 heavy (non-hydrogen) atoms. The van der Waals surface area contributed by atoms with Crippen molar-refractivity contribution in [2.75, 3.05) is 11.9 Å². The van der Waals surface area contributed by atoms with E-state index in [1.165, 1.54) is 0 Å². The van der Waals surface area contributed by atoms with Crippen LogP contribution in [0.25, 0.3) is 0 Å². The summed E-state index contributed by atoms with van der Waals surface area (Å²) < 4.78 is 0. The van der Waals surface area contributed by atoms with Crippen molar-refractivity contribution in [1.82, 2.24) is 9.88 Å². The third kappa shape index (κ3) is 4.22. The number of nitrogens with zero attached hydrogens (tertiary/aromatic N) is 2. The number of amides is 2. The first-order valence-corrected chi connectivity index (χ1v) is 8.39. The van der Waals surface area contributed by atoms with Crippen LogP contribution in [0.3, 0.4) is 0 Å². The van der Waals surface area contributed by atoms with Crippen LogP contribution in [0.4, 0.5) is 5.69 Å². The number of pyridine rings is 1. The van der Waals surface area contributed by atoms with Crippen LogP contribution in [0.5, 0.6) is 0 Å². The van der Waals surface area contributed by atoms with E-state index < -0.39 is 0 Å². The van der Waals surface area contributed by atoms with Crippen LogP contribution in [-0.4, -0.2) is 34.3 Å². The molecule has 0 aliphatic carbocycles. The second kappa shape index (κ2) is 7.44. The average Bonchev–Trinajstić information content (AvgIpc) is 3.04. The number of aromatic nitrogens is 1. The van der Waals surface area contributed by atoms with Gasteiger partial charge in [0.15, 0.2) is 0 Å². The van der Waals surface area contributed by atoms with E-state index in [1.807, 2.05) is 37.3 Å². The van der Waals surface area contributed by atoms with Gasteiger partial charge in [-0.1, -0.05) is 12.1 Å². The van der Waals surface area contributed by atoms with Crippen molar-refractivity contribution in [2.45, 2.75) is 32.4 Å². The number of nitrogens with two attached hydrogens (primary N) is 1. The molecule has 1 atom stereocenters. The summed E-state index contributed by atoms with van der Waals surface area (Å²) in [7, 11) is 0. The minimum Gasteiger partial charge on any atom is -0.368 e. The third-order valence-corrected chi connectivity index (χ3v) is 4.44. The first kappa shape index (κ1) is 17.1. The van der Waals surface area contributed by atoms with Crippen LogP contribution in [0.2, 0.25) is 0 Å². The van der Waals surface area contributed by atoms with Gasteiger partial charge in [-0.05, 0) is 56.1 Å². The summed E-state index contributed by atoms with van der Waals surface area (Å²) in [6, 6.07) is 11.0. The lowest BCUT2D eigenvalue weighted by molar-refractivity contribution is -0.122. The summed E-state index contributed by atoms with van der Waals surface area (Å²) in [4.78, 5) is 30.0. The Labute approximate surface area is 147 Å². The number of primary amides is 1. The highest BCUT2D eigenvalue weighted by atomic mass is 16.2. The summed E-state index contributed by atoms with van der Waals surface area (Å²) in [6.45, 7) is 3.38. The molecule has 0 spiro atoms. The van der Waals surface area contributed by atoms with Gasteiger partial charge >= 0.3 is 0 Å². The van der Waals surface area contributed by atoms with E-state index in [1.54, 1.807) is 12.3 Å². The predicted octanol–water partition coefficient (Wildman–Crippen LogP) is 2.09. The fraction of sp³-hybridized carbons (Fsp3) is 0.316. The fourth-order valence-corrected chi connectivity index (χ4v) is 3.12. The molecular weight excluding hydrogens is 316 g/mol. The standard InChI is InChI=1S/C19H22N4O2/c1-13-7-8-15(11-21-13)19(25)22-16-5-2-4-14(10-16)12-23-9-3-6-17(23)18(20)24/h2,4-5,7-8,10-11,17H,3,6,9,12H2,1H3,(H2,20,24)(H,22,25)/t17-/m0/s1. The molecule has 6 heteroatoms. The Bertz CT molecular complexity index is 773. The maximum atomic E-state index is 12.3. The normalized spacial score (nSPS) is 17.4. The number of likely N-dealkylation sites (tertiary alicyclic amines) is 1. The molecule has 6 nitrogen and oxygen atoms in total. The van der Waals surface area contributed by atoms with Crippen LogP contribution in [-0.2, 0) is 11.3 Å². The van der Waals surface area contributed by atoms with Crippen LogP contribution in [0.15, 0.2) is 42.6 Å². The molecule has 1 aromatic heterocycles. The van der Waals surface area contributed by atoms with Crippen molar-refractivity contribution < 1.29 is 9.59 Å².